The Hall–Kier alpha value is -2.82. The molecule has 0 bridgehead atoms. The van der Waals surface area contributed by atoms with Crippen molar-refractivity contribution in [2.45, 2.75) is 32.7 Å². The molecule has 5 nitrogen and oxygen atoms in total. The van der Waals surface area contributed by atoms with Crippen LogP contribution in [-0.4, -0.2) is 27.3 Å². The van der Waals surface area contributed by atoms with Crippen LogP contribution in [0.2, 0.25) is 0 Å². The molecule has 0 saturated heterocycles. The van der Waals surface area contributed by atoms with Gasteiger partial charge in [-0.1, -0.05) is 32.0 Å². The van der Waals surface area contributed by atoms with Crippen molar-refractivity contribution in [3.8, 4) is 0 Å². The van der Waals surface area contributed by atoms with E-state index in [9.17, 15) is 9.59 Å². The van der Waals surface area contributed by atoms with E-state index >= 15 is 0 Å². The van der Waals surface area contributed by atoms with Gasteiger partial charge in [-0.25, -0.2) is 0 Å². The Morgan fingerprint density at radius 2 is 1.96 bits per heavy atom. The monoisotopic (exact) mass is 335 g/mol. The number of carbonyl (C=O) groups is 1. The minimum absolute atomic E-state index is 0.0797. The summed E-state index contributed by atoms with van der Waals surface area (Å²) in [6, 6.07) is 11.4. The molecule has 0 aliphatic carbocycles. The lowest BCUT2D eigenvalue weighted by atomic mass is 10.0. The van der Waals surface area contributed by atoms with Gasteiger partial charge < -0.3 is 14.9 Å². The van der Waals surface area contributed by atoms with Crippen molar-refractivity contribution in [1.82, 2.24) is 14.9 Å². The summed E-state index contributed by atoms with van der Waals surface area (Å²) in [6.07, 6.45) is 0.802. The summed E-state index contributed by atoms with van der Waals surface area (Å²) >= 11 is 0. The predicted molar refractivity (Wildman–Crippen MR) is 97.9 cm³/mol. The average Bonchev–Trinajstić information content (AvgIpc) is 2.98. The molecule has 2 aromatic heterocycles. The van der Waals surface area contributed by atoms with Gasteiger partial charge in [-0.2, -0.15) is 0 Å². The van der Waals surface area contributed by atoms with Gasteiger partial charge in [0.15, 0.2) is 0 Å². The van der Waals surface area contributed by atoms with E-state index in [0.29, 0.717) is 18.7 Å². The van der Waals surface area contributed by atoms with Crippen LogP contribution in [0.5, 0.6) is 0 Å². The Morgan fingerprint density at radius 3 is 2.76 bits per heavy atom. The summed E-state index contributed by atoms with van der Waals surface area (Å²) in [4.78, 5) is 33.0. The van der Waals surface area contributed by atoms with E-state index in [-0.39, 0.29) is 17.4 Å². The van der Waals surface area contributed by atoms with Gasteiger partial charge >= 0.3 is 0 Å². The van der Waals surface area contributed by atoms with Gasteiger partial charge in [-0.15, -0.1) is 0 Å². The molecule has 128 valence electrons. The number of hydrogen-bond acceptors (Lipinski definition) is 2. The number of nitrogens with one attached hydrogen (secondary N) is 2. The molecule has 0 fully saturated rings. The van der Waals surface area contributed by atoms with Crippen LogP contribution in [-0.2, 0) is 13.0 Å². The van der Waals surface area contributed by atoms with Gasteiger partial charge in [0.1, 0.15) is 0 Å². The maximum atomic E-state index is 13.0. The van der Waals surface area contributed by atoms with Gasteiger partial charge in [0.05, 0.1) is 0 Å². The Morgan fingerprint density at radius 1 is 1.16 bits per heavy atom. The minimum Gasteiger partial charge on any atom is -0.358 e. The van der Waals surface area contributed by atoms with Crippen molar-refractivity contribution in [2.24, 2.45) is 0 Å². The van der Waals surface area contributed by atoms with E-state index in [1.165, 1.54) is 22.7 Å². The number of hydrogen-bond donors (Lipinski definition) is 2. The lowest BCUT2D eigenvalue weighted by Gasteiger charge is -2.27. The van der Waals surface area contributed by atoms with Crippen LogP contribution in [0.3, 0.4) is 0 Å². The molecule has 1 aromatic carbocycles. The lowest BCUT2D eigenvalue weighted by Crippen LogP contribution is -2.36. The highest BCUT2D eigenvalue weighted by molar-refractivity contribution is 5.95. The fraction of sp³-hybridized carbons (Fsp3) is 0.300. The van der Waals surface area contributed by atoms with Crippen LogP contribution >= 0.6 is 0 Å². The van der Waals surface area contributed by atoms with Crippen LogP contribution in [0.4, 0.5) is 0 Å². The number of para-hydroxylation sites is 1. The first-order valence-electron chi connectivity index (χ1n) is 8.65. The number of pyridine rings is 1. The second-order valence-corrected chi connectivity index (χ2v) is 6.95. The molecule has 0 radical (unpaired) electrons. The van der Waals surface area contributed by atoms with Crippen LogP contribution < -0.4 is 5.56 Å². The number of H-pyrrole nitrogens is 2. The molecule has 3 heterocycles. The van der Waals surface area contributed by atoms with Crippen molar-refractivity contribution in [2.75, 3.05) is 6.54 Å². The minimum atomic E-state index is -0.223. The van der Waals surface area contributed by atoms with Crippen molar-refractivity contribution < 1.29 is 4.79 Å². The first kappa shape index (κ1) is 15.7. The van der Waals surface area contributed by atoms with Gasteiger partial charge in [-0.3, -0.25) is 9.59 Å². The molecule has 0 spiro atoms. The summed E-state index contributed by atoms with van der Waals surface area (Å²) < 4.78 is 0. The fourth-order valence-corrected chi connectivity index (χ4v) is 3.52. The Bertz CT molecular complexity index is 1010. The van der Waals surface area contributed by atoms with Crippen molar-refractivity contribution >= 4 is 16.8 Å². The highest BCUT2D eigenvalue weighted by atomic mass is 16.2. The molecule has 0 saturated carbocycles. The third-order valence-corrected chi connectivity index (χ3v) is 4.90. The second kappa shape index (κ2) is 5.92. The molecule has 2 N–H and O–H groups in total. The lowest BCUT2D eigenvalue weighted by molar-refractivity contribution is 0.0734. The highest BCUT2D eigenvalue weighted by Crippen LogP contribution is 2.28. The molecule has 1 aliphatic rings. The van der Waals surface area contributed by atoms with Gasteiger partial charge in [-0.05, 0) is 18.1 Å². The summed E-state index contributed by atoms with van der Waals surface area (Å²) in [6.45, 7) is 5.22. The van der Waals surface area contributed by atoms with E-state index in [4.69, 9.17) is 0 Å². The third-order valence-electron chi connectivity index (χ3n) is 4.90. The standard InChI is InChI=1S/C20H21N3O2/c1-12(2)18-9-13(10-19(24)22-18)20(25)23-8-7-17-15(11-23)14-5-3-4-6-16(14)21-17/h3-6,9-10,12,21H,7-8,11H2,1-2H3,(H,22,24). The maximum absolute atomic E-state index is 13.0. The molecule has 25 heavy (non-hydrogen) atoms. The maximum Gasteiger partial charge on any atom is 0.254 e. The number of amides is 1. The predicted octanol–water partition coefficient (Wildman–Crippen LogP) is 3.18. The zero-order chi connectivity index (χ0) is 17.6. The van der Waals surface area contributed by atoms with Crippen LogP contribution in [0, 0.1) is 0 Å². The first-order valence-corrected chi connectivity index (χ1v) is 8.65. The Labute approximate surface area is 145 Å². The van der Waals surface area contributed by atoms with E-state index in [2.05, 4.69) is 22.1 Å². The van der Waals surface area contributed by atoms with E-state index in [1.807, 2.05) is 30.9 Å². The quantitative estimate of drug-likeness (QED) is 0.755. The van der Waals surface area contributed by atoms with Crippen molar-refractivity contribution in [3.63, 3.8) is 0 Å². The highest BCUT2D eigenvalue weighted by Gasteiger charge is 2.25. The third kappa shape index (κ3) is 2.76. The van der Waals surface area contributed by atoms with Gasteiger partial charge in [0.2, 0.25) is 5.56 Å². The number of nitrogens with zero attached hydrogens (tertiary/aromatic N) is 1. The van der Waals surface area contributed by atoms with E-state index in [0.717, 1.165) is 17.6 Å². The zero-order valence-corrected chi connectivity index (χ0v) is 14.4. The first-order chi connectivity index (χ1) is 12.0. The molecular weight excluding hydrogens is 314 g/mol. The second-order valence-electron chi connectivity index (χ2n) is 6.95. The zero-order valence-electron chi connectivity index (χ0n) is 14.4. The number of aromatic amines is 2. The molecule has 0 unspecified atom stereocenters. The number of rotatable bonds is 2. The van der Waals surface area contributed by atoms with Crippen molar-refractivity contribution in [3.05, 3.63) is 69.3 Å². The summed E-state index contributed by atoms with van der Waals surface area (Å²) in [7, 11) is 0. The summed E-state index contributed by atoms with van der Waals surface area (Å²) in [5.41, 5.74) is 4.54. The Kier molecular flexibility index (Phi) is 3.71. The van der Waals surface area contributed by atoms with Crippen LogP contribution in [0.1, 0.15) is 47.1 Å². The average molecular weight is 335 g/mol. The molecule has 1 amide bonds. The van der Waals surface area contributed by atoms with E-state index < -0.39 is 0 Å². The number of aromatic nitrogens is 2. The van der Waals surface area contributed by atoms with Crippen LogP contribution in [0.15, 0.2) is 41.2 Å². The molecule has 1 aliphatic heterocycles. The summed E-state index contributed by atoms with van der Waals surface area (Å²) in [5.74, 6) is 0.0888. The fourth-order valence-electron chi connectivity index (χ4n) is 3.52. The van der Waals surface area contributed by atoms with E-state index in [1.54, 1.807) is 6.07 Å². The Balaban J connectivity index is 1.67. The largest absolute Gasteiger partial charge is 0.358 e. The number of carbonyl (C=O) groups excluding carboxylic acids is 1. The SMILES string of the molecule is CC(C)c1cc(C(=O)N2CCc3[nH]c4ccccc4c3C2)cc(=O)[nH]1. The molecule has 0 atom stereocenters. The number of fused-ring (bicyclic) bond motifs is 3. The molecule has 4 rings (SSSR count). The smallest absolute Gasteiger partial charge is 0.254 e. The molecular formula is C20H21N3O2. The van der Waals surface area contributed by atoms with Gasteiger partial charge in [0, 0.05) is 59.0 Å². The topological polar surface area (TPSA) is 69.0 Å². The molecule has 3 aromatic rings. The molecule has 5 heteroatoms. The summed E-state index contributed by atoms with van der Waals surface area (Å²) in [5, 5.41) is 1.17. The van der Waals surface area contributed by atoms with Gasteiger partial charge in [0.25, 0.3) is 5.91 Å². The van der Waals surface area contributed by atoms with Crippen molar-refractivity contribution in [1.29, 1.82) is 0 Å². The normalized spacial score (nSPS) is 14.1. The number of benzene rings is 1. The van der Waals surface area contributed by atoms with Crippen LogP contribution in [0.25, 0.3) is 10.9 Å².